The van der Waals surface area contributed by atoms with Gasteiger partial charge in [0.1, 0.15) is 11.5 Å². The number of anilines is 1. The molecule has 0 bridgehead atoms. The number of allylic oxidation sites excluding steroid dienone is 1. The first-order valence-electron chi connectivity index (χ1n) is 10.1. The summed E-state index contributed by atoms with van der Waals surface area (Å²) >= 11 is 1.49. The Labute approximate surface area is 189 Å². The Morgan fingerprint density at radius 1 is 1.25 bits per heavy atom. The molecule has 2 aromatic heterocycles. The van der Waals surface area contributed by atoms with Crippen molar-refractivity contribution in [2.24, 2.45) is 10.9 Å². The third kappa shape index (κ3) is 5.64. The van der Waals surface area contributed by atoms with E-state index in [2.05, 4.69) is 29.1 Å². The first-order valence-corrected chi connectivity index (χ1v) is 10.9. The normalized spacial score (nSPS) is 12.0. The van der Waals surface area contributed by atoms with Crippen molar-refractivity contribution >= 4 is 44.6 Å². The van der Waals surface area contributed by atoms with E-state index in [1.165, 1.54) is 30.4 Å². The van der Waals surface area contributed by atoms with Crippen molar-refractivity contribution in [1.29, 1.82) is 0 Å². The van der Waals surface area contributed by atoms with Gasteiger partial charge in [0, 0.05) is 30.2 Å². The fraction of sp³-hybridized carbons (Fsp3) is 0.250. The molecule has 0 aliphatic rings. The minimum absolute atomic E-state index is 0.0173. The zero-order valence-electron chi connectivity index (χ0n) is 18.3. The van der Waals surface area contributed by atoms with Crippen LogP contribution in [0, 0.1) is 11.7 Å². The molecular formula is C24H24FN3O3S. The monoisotopic (exact) mass is 453 g/mol. The fourth-order valence-corrected chi connectivity index (χ4v) is 4.19. The molecule has 166 valence electrons. The molecule has 2 heterocycles. The van der Waals surface area contributed by atoms with Crippen LogP contribution in [0.2, 0.25) is 0 Å². The molecule has 0 atom stereocenters. The Balaban J connectivity index is 1.88. The van der Waals surface area contributed by atoms with Crippen LogP contribution in [0.5, 0.6) is 11.5 Å². The maximum absolute atomic E-state index is 14.6. The molecule has 8 heteroatoms. The average Bonchev–Trinajstić information content (AvgIpc) is 3.14. The third-order valence-electron chi connectivity index (χ3n) is 4.38. The first-order chi connectivity index (χ1) is 15.3. The summed E-state index contributed by atoms with van der Waals surface area (Å²) in [4.78, 5) is 32.7. The van der Waals surface area contributed by atoms with E-state index in [9.17, 15) is 14.0 Å². The van der Waals surface area contributed by atoms with Crippen LogP contribution in [-0.4, -0.2) is 22.4 Å². The average molecular weight is 454 g/mol. The second-order valence-electron chi connectivity index (χ2n) is 7.46. The van der Waals surface area contributed by atoms with Crippen molar-refractivity contribution in [3.8, 4) is 11.5 Å². The molecule has 0 radical (unpaired) electrons. The van der Waals surface area contributed by atoms with E-state index in [4.69, 9.17) is 4.74 Å². The van der Waals surface area contributed by atoms with Crippen LogP contribution in [0.4, 0.5) is 10.1 Å². The van der Waals surface area contributed by atoms with Crippen molar-refractivity contribution in [2.75, 3.05) is 5.32 Å². The van der Waals surface area contributed by atoms with Gasteiger partial charge in [-0.2, -0.15) is 0 Å². The molecule has 0 spiro atoms. The highest BCUT2D eigenvalue weighted by atomic mass is 32.1. The largest absolute Gasteiger partial charge is 0.453 e. The number of hydrogen-bond acceptors (Lipinski definition) is 6. The molecule has 0 fully saturated rings. The number of carbonyl (C=O) groups is 2. The number of aliphatic imine (C=N–C) groups is 1. The Morgan fingerprint density at radius 2 is 2.03 bits per heavy atom. The molecule has 0 saturated carbocycles. The van der Waals surface area contributed by atoms with Gasteiger partial charge in [-0.25, -0.2) is 4.39 Å². The summed E-state index contributed by atoms with van der Waals surface area (Å²) in [5.41, 5.74) is 1.93. The summed E-state index contributed by atoms with van der Waals surface area (Å²) in [5.74, 6) is -0.683. The van der Waals surface area contributed by atoms with E-state index in [1.54, 1.807) is 18.5 Å². The van der Waals surface area contributed by atoms with Crippen LogP contribution < -0.4 is 10.1 Å². The van der Waals surface area contributed by atoms with Gasteiger partial charge in [0.15, 0.2) is 11.6 Å². The zero-order chi connectivity index (χ0) is 23.3. The maximum atomic E-state index is 14.6. The number of carbonyl (C=O) groups excluding carboxylic acids is 2. The minimum atomic E-state index is -0.634. The molecule has 1 amide bonds. The molecule has 3 rings (SSSR count). The first kappa shape index (κ1) is 23.3. The summed E-state index contributed by atoms with van der Waals surface area (Å²) in [6, 6.07) is 7.76. The highest BCUT2D eigenvalue weighted by Crippen LogP contribution is 2.37. The Bertz CT molecular complexity index is 1210. The molecule has 0 saturated heterocycles. The van der Waals surface area contributed by atoms with Crippen molar-refractivity contribution in [1.82, 2.24) is 4.98 Å². The summed E-state index contributed by atoms with van der Waals surface area (Å²) in [6.45, 7) is 7.38. The zero-order valence-corrected chi connectivity index (χ0v) is 19.1. The van der Waals surface area contributed by atoms with Gasteiger partial charge in [0.05, 0.1) is 27.2 Å². The number of benzene rings is 1. The van der Waals surface area contributed by atoms with Gasteiger partial charge in [0.25, 0.3) is 0 Å². The molecular weight excluding hydrogens is 429 g/mol. The van der Waals surface area contributed by atoms with E-state index < -0.39 is 11.7 Å². The van der Waals surface area contributed by atoms with E-state index >= 15 is 0 Å². The second-order valence-corrected chi connectivity index (χ2v) is 8.51. The van der Waals surface area contributed by atoms with Crippen LogP contribution in [-0.2, 0) is 9.59 Å². The van der Waals surface area contributed by atoms with Crippen molar-refractivity contribution in [2.45, 2.75) is 34.1 Å². The summed E-state index contributed by atoms with van der Waals surface area (Å²) in [6.07, 6.45) is 4.99. The van der Waals surface area contributed by atoms with Crippen molar-refractivity contribution in [3.63, 3.8) is 0 Å². The predicted octanol–water partition coefficient (Wildman–Crippen LogP) is 6.12. The smallest absolute Gasteiger partial charge is 0.231 e. The summed E-state index contributed by atoms with van der Waals surface area (Å²) < 4.78 is 21.3. The predicted molar refractivity (Wildman–Crippen MR) is 126 cm³/mol. The summed E-state index contributed by atoms with van der Waals surface area (Å²) in [7, 11) is 0. The topological polar surface area (TPSA) is 80.7 Å². The van der Waals surface area contributed by atoms with E-state index in [0.29, 0.717) is 5.75 Å². The number of amides is 1. The number of thiophene rings is 1. The fourth-order valence-electron chi connectivity index (χ4n) is 2.98. The lowest BCUT2D eigenvalue weighted by atomic mass is 10.1. The van der Waals surface area contributed by atoms with Crippen molar-refractivity contribution < 1.29 is 18.7 Å². The number of pyridine rings is 1. The standard InChI is InChI=1S/C24H24FN3O3S/c1-5-9-27-23(14(2)3)21-13-18-24(32-21)20(8-10-26-18)31-19-7-6-16(12-17(19)25)28-22(30)11-15(4)29/h5-10,12-14H,11H2,1-4H3,(H,28,30)/b9-5-,27-23?. The van der Waals surface area contributed by atoms with E-state index in [0.717, 1.165) is 26.9 Å². The van der Waals surface area contributed by atoms with Crippen LogP contribution >= 0.6 is 11.3 Å². The number of ketones is 1. The van der Waals surface area contributed by atoms with Gasteiger partial charge in [-0.1, -0.05) is 19.9 Å². The van der Waals surface area contributed by atoms with E-state index in [1.807, 2.05) is 19.1 Å². The third-order valence-corrected chi connectivity index (χ3v) is 5.54. The Morgan fingerprint density at radius 3 is 2.69 bits per heavy atom. The van der Waals surface area contributed by atoms with Crippen LogP contribution in [0.3, 0.4) is 0 Å². The number of Topliss-reactive ketones (excluding diaryl/α,β-unsaturated/α-hetero) is 1. The highest BCUT2D eigenvalue weighted by Gasteiger charge is 2.16. The quantitative estimate of drug-likeness (QED) is 0.329. The summed E-state index contributed by atoms with van der Waals surface area (Å²) in [5, 5.41) is 2.50. The number of ether oxygens (including phenoxy) is 1. The van der Waals surface area contributed by atoms with Crippen molar-refractivity contribution in [3.05, 3.63) is 59.5 Å². The van der Waals surface area contributed by atoms with Crippen LogP contribution in [0.15, 0.2) is 53.8 Å². The molecule has 32 heavy (non-hydrogen) atoms. The van der Waals surface area contributed by atoms with Gasteiger partial charge in [-0.05, 0) is 38.0 Å². The van der Waals surface area contributed by atoms with Gasteiger partial charge >= 0.3 is 0 Å². The molecule has 3 aromatic rings. The number of halogens is 1. The Kier molecular flexibility index (Phi) is 7.48. The SMILES string of the molecule is C/C=C\N=C(c1cc2nccc(Oc3ccc(NC(=O)CC(C)=O)cc3F)c2s1)C(C)C. The number of nitrogens with zero attached hydrogens (tertiary/aromatic N) is 2. The molecule has 0 unspecified atom stereocenters. The Hall–Kier alpha value is -3.39. The van der Waals surface area contributed by atoms with Gasteiger partial charge in [-0.15, -0.1) is 11.3 Å². The lowest BCUT2D eigenvalue weighted by Crippen LogP contribution is -2.14. The molecule has 1 aromatic carbocycles. The molecule has 6 nitrogen and oxygen atoms in total. The van der Waals surface area contributed by atoms with E-state index in [-0.39, 0.29) is 29.6 Å². The number of hydrogen-bond donors (Lipinski definition) is 1. The number of aromatic nitrogens is 1. The lowest BCUT2D eigenvalue weighted by Gasteiger charge is -2.10. The number of rotatable bonds is 8. The molecule has 1 N–H and O–H groups in total. The second kappa shape index (κ2) is 10.3. The van der Waals surface area contributed by atoms with Crippen LogP contribution in [0.25, 0.3) is 10.2 Å². The maximum Gasteiger partial charge on any atom is 0.231 e. The lowest BCUT2D eigenvalue weighted by molar-refractivity contribution is -0.124. The minimum Gasteiger partial charge on any atom is -0.453 e. The highest BCUT2D eigenvalue weighted by molar-refractivity contribution is 7.21. The van der Waals surface area contributed by atoms with Gasteiger partial charge in [-0.3, -0.25) is 19.6 Å². The van der Waals surface area contributed by atoms with Crippen LogP contribution in [0.1, 0.15) is 39.0 Å². The molecule has 0 aliphatic heterocycles. The molecule has 0 aliphatic carbocycles. The van der Waals surface area contributed by atoms with Gasteiger partial charge in [0.2, 0.25) is 5.91 Å². The van der Waals surface area contributed by atoms with Gasteiger partial charge < -0.3 is 10.1 Å². The number of fused-ring (bicyclic) bond motifs is 1. The number of nitrogens with one attached hydrogen (secondary N) is 1.